The van der Waals surface area contributed by atoms with E-state index in [4.69, 9.17) is 59.7 Å². The zero-order valence-corrected chi connectivity index (χ0v) is 65.8. The van der Waals surface area contributed by atoms with Crippen molar-refractivity contribution in [2.24, 2.45) is 22.0 Å². The van der Waals surface area contributed by atoms with Crippen LogP contribution in [0.5, 0.6) is 5.75 Å². The molecule has 104 heavy (non-hydrogen) atoms. The zero-order chi connectivity index (χ0) is 72.0. The number of carbonyl (C=O) groups is 4. The zero-order valence-electron chi connectivity index (χ0n) is 59.6. The standard InChI is InChI=1S/C31H36N6O4.C24H29ClN4O4.C13H18N2.C6H4Cl2N2O2.2ClH.HI/c1-30(2,3)41-29(39)34-26-23-8-6-5-7-21(23)17-31(26)13-15-36(16-14-31)24-18-32-25-27(33-24)37(35-28(25)38)19-20-9-11-22(40-4)12-10-20;1-23(2,3)33-22(31)28-19-16-8-6-5-7-15(16)13-24(19)9-11-29(12-10-24)17-14-26-18(20(25)27-17)21(30)32-4;14-12-11-4-2-1-3-10(11)9-13(12)5-7-15-8-6-13;1-12-6(11)4-5(8)10-3(7)2-9-4;;;/h5-12,18,26H,13-17,19H2,1-4H3,(H,34,39)(H,35,38);5-8,14,19H,9-13H2,1-4H3,(H,28,31);1-4,12,15H,5-9,14H2;2H,1H3;3*1H/t26-;19-;12-;;;;/m111..../s1. The molecule has 3 aliphatic carbocycles. The summed E-state index contributed by atoms with van der Waals surface area (Å²) in [4.78, 5) is 90.3. The number of benzene rings is 4. The van der Waals surface area contributed by atoms with Crippen LogP contribution in [0, 0.1) is 16.2 Å². The maximum absolute atomic E-state index is 12.9. The average molecular weight is 1640 g/mol. The number of methoxy groups -OCH3 is 3. The molecule has 558 valence electrons. The van der Waals surface area contributed by atoms with Crippen molar-refractivity contribution in [3.63, 3.8) is 0 Å². The van der Waals surface area contributed by atoms with Gasteiger partial charge in [0.2, 0.25) is 0 Å². The second-order valence-electron chi connectivity index (χ2n) is 28.5. The Morgan fingerprint density at radius 2 is 1.01 bits per heavy atom. The minimum Gasteiger partial charge on any atom is -0.497 e. The molecule has 0 saturated carbocycles. The van der Waals surface area contributed by atoms with Crippen molar-refractivity contribution in [2.45, 2.75) is 135 Å². The first-order valence-electron chi connectivity index (χ1n) is 33.9. The maximum atomic E-state index is 12.9. The number of nitrogens with two attached hydrogens (primary N) is 1. The molecule has 30 heteroatoms. The Hall–Kier alpha value is -7.63. The fourth-order valence-electron chi connectivity index (χ4n) is 14.9. The summed E-state index contributed by atoms with van der Waals surface area (Å²) in [6.45, 7) is 16.9. The number of aromatic amines is 1. The van der Waals surface area contributed by atoms with Crippen LogP contribution in [-0.2, 0) is 44.8 Å². The Bertz CT molecular complexity index is 4380. The monoisotopic (exact) mass is 1640 g/mol. The Balaban J connectivity index is 0.000000192. The number of anilines is 2. The molecule has 0 unspecified atom stereocenters. The molecule has 4 aromatic heterocycles. The summed E-state index contributed by atoms with van der Waals surface area (Å²) in [6.07, 6.45) is 12.5. The van der Waals surface area contributed by atoms with Gasteiger partial charge in [0.05, 0.1) is 58.5 Å². The lowest BCUT2D eigenvalue weighted by Crippen LogP contribution is -2.48. The van der Waals surface area contributed by atoms with E-state index in [9.17, 15) is 24.0 Å². The largest absolute Gasteiger partial charge is 0.497 e. The SMILES string of the molecule is COC(=O)c1ncc(Cl)nc1Cl.COC(=O)c1ncc(N2CCC3(CC2)Cc2ccccc2[C@H]3NC(=O)OC(C)(C)C)nc1Cl.COc1ccc(Cn2[nH]c(=O)c3ncc(N4CCC5(CC4)Cc4ccccc4[C@H]5NC(=O)OC(C)(C)C)nc32)cc1.Cl.Cl.I.N[C@@H]1c2ccccc2CC12CCNCC2. The highest BCUT2D eigenvalue weighted by atomic mass is 127. The lowest BCUT2D eigenvalue weighted by Gasteiger charge is -2.43. The molecule has 0 bridgehead atoms. The van der Waals surface area contributed by atoms with Gasteiger partial charge in [0, 0.05) is 43.1 Å². The third-order valence-corrected chi connectivity index (χ3v) is 20.6. The van der Waals surface area contributed by atoms with Gasteiger partial charge in [-0.1, -0.05) is 120 Å². The van der Waals surface area contributed by atoms with Crippen molar-refractivity contribution < 1.29 is 42.9 Å². The van der Waals surface area contributed by atoms with Gasteiger partial charge in [-0.15, -0.1) is 48.8 Å². The van der Waals surface area contributed by atoms with E-state index in [0.29, 0.717) is 28.9 Å². The van der Waals surface area contributed by atoms with Crippen molar-refractivity contribution in [1.29, 1.82) is 0 Å². The molecule has 6 N–H and O–H groups in total. The average Bonchev–Trinajstić information content (AvgIpc) is 1.60. The molecular formula is C74H90Cl5IN14O10. The van der Waals surface area contributed by atoms with E-state index in [-0.39, 0.29) is 116 Å². The van der Waals surface area contributed by atoms with Gasteiger partial charge in [-0.05, 0) is 169 Å². The van der Waals surface area contributed by atoms with Crippen molar-refractivity contribution >= 4 is 131 Å². The second kappa shape index (κ2) is 34.7. The fraction of sp³-hybridized carbons (Fsp3) is 0.446. The number of esters is 2. The van der Waals surface area contributed by atoms with Gasteiger partial charge in [0.1, 0.15) is 33.7 Å². The molecule has 4 aromatic carbocycles. The van der Waals surface area contributed by atoms with Crippen LogP contribution in [0.4, 0.5) is 21.2 Å². The van der Waals surface area contributed by atoms with Crippen molar-refractivity contribution in [1.82, 2.24) is 55.6 Å². The van der Waals surface area contributed by atoms with E-state index < -0.39 is 29.2 Å². The number of hydrogen-bond donors (Lipinski definition) is 5. The van der Waals surface area contributed by atoms with Crippen LogP contribution in [0.1, 0.15) is 158 Å². The summed E-state index contributed by atoms with van der Waals surface area (Å²) in [7, 11) is 4.14. The number of aromatic nitrogens is 8. The van der Waals surface area contributed by atoms with Crippen LogP contribution >= 0.6 is 83.6 Å². The van der Waals surface area contributed by atoms with Gasteiger partial charge in [-0.25, -0.2) is 49.1 Å². The number of ether oxygens (including phenoxy) is 5. The molecule has 0 radical (unpaired) electrons. The Kier molecular flexibility index (Phi) is 27.4. The number of rotatable bonds is 9. The lowest BCUT2D eigenvalue weighted by atomic mass is 9.72. The summed E-state index contributed by atoms with van der Waals surface area (Å²) < 4.78 is 27.3. The highest BCUT2D eigenvalue weighted by Gasteiger charge is 2.51. The van der Waals surface area contributed by atoms with Crippen LogP contribution in [0.15, 0.2) is 120 Å². The third-order valence-electron chi connectivity index (χ3n) is 19.8. The topological polar surface area (TPSA) is 298 Å². The van der Waals surface area contributed by atoms with Crippen LogP contribution in [0.2, 0.25) is 15.5 Å². The highest BCUT2D eigenvalue weighted by Crippen LogP contribution is 2.54. The van der Waals surface area contributed by atoms with E-state index >= 15 is 0 Å². The van der Waals surface area contributed by atoms with Gasteiger partial charge < -0.3 is 55.2 Å². The molecular weight excluding hydrogens is 1550 g/mol. The number of halogens is 6. The van der Waals surface area contributed by atoms with E-state index in [0.717, 1.165) is 100 Å². The number of carbonyl (C=O) groups excluding carboxylic acids is 4. The number of alkyl carbamates (subject to hydrolysis) is 2. The number of nitrogens with zero attached hydrogens (tertiary/aromatic N) is 9. The van der Waals surface area contributed by atoms with Crippen LogP contribution in [-0.4, -0.2) is 136 Å². The number of H-pyrrole nitrogens is 1. The summed E-state index contributed by atoms with van der Waals surface area (Å²) >= 11 is 17.2. The van der Waals surface area contributed by atoms with Crippen molar-refractivity contribution in [2.75, 3.05) is 70.4 Å². The molecule has 14 rings (SSSR count). The number of hydrogen-bond acceptors (Lipinski definition) is 20. The Morgan fingerprint density at radius 3 is 1.46 bits per heavy atom. The predicted octanol–water partition coefficient (Wildman–Crippen LogP) is 13.6. The van der Waals surface area contributed by atoms with E-state index in [1.54, 1.807) is 24.2 Å². The molecule has 3 aliphatic heterocycles. The molecule has 7 heterocycles. The molecule has 3 fully saturated rings. The normalized spacial score (nSPS) is 18.3. The van der Waals surface area contributed by atoms with Crippen molar-refractivity contribution in [3.05, 3.63) is 192 Å². The first kappa shape index (κ1) is 82.0. The summed E-state index contributed by atoms with van der Waals surface area (Å²) in [5, 5.41) is 12.8. The number of fused-ring (bicyclic) bond motifs is 4. The Labute approximate surface area is 649 Å². The molecule has 3 atom stereocenters. The Morgan fingerprint density at radius 1 is 0.577 bits per heavy atom. The first-order valence-corrected chi connectivity index (χ1v) is 35.0. The quantitative estimate of drug-likeness (QED) is 0.0509. The van der Waals surface area contributed by atoms with E-state index in [1.165, 1.54) is 67.5 Å². The highest BCUT2D eigenvalue weighted by molar-refractivity contribution is 14.0. The van der Waals surface area contributed by atoms with Gasteiger partial charge in [-0.3, -0.25) is 14.6 Å². The number of nitrogens with one attached hydrogen (secondary N) is 4. The number of piperidine rings is 3. The van der Waals surface area contributed by atoms with Gasteiger partial charge in [0.15, 0.2) is 32.9 Å². The van der Waals surface area contributed by atoms with E-state index in [2.05, 4.69) is 120 Å². The lowest BCUT2D eigenvalue weighted by molar-refractivity contribution is 0.0418. The molecule has 3 saturated heterocycles. The molecule has 6 aliphatic rings. The summed E-state index contributed by atoms with van der Waals surface area (Å²) in [5.41, 5.74) is 14.7. The van der Waals surface area contributed by atoms with Crippen molar-refractivity contribution in [3.8, 4) is 5.75 Å². The fourth-order valence-corrected chi connectivity index (χ4v) is 15.5. The molecule has 3 spiro atoms. The van der Waals surface area contributed by atoms with Gasteiger partial charge in [0.25, 0.3) is 5.56 Å². The second-order valence-corrected chi connectivity index (χ2v) is 29.6. The maximum Gasteiger partial charge on any atom is 0.408 e. The first-order chi connectivity index (χ1) is 48.2. The predicted molar refractivity (Wildman–Crippen MR) is 416 cm³/mol. The summed E-state index contributed by atoms with van der Waals surface area (Å²) in [5.74, 6) is 0.885. The molecule has 24 nitrogen and oxygen atoms in total. The smallest absolute Gasteiger partial charge is 0.408 e. The number of amides is 2. The third kappa shape index (κ3) is 18.8. The van der Waals surface area contributed by atoms with Gasteiger partial charge in [-0.2, -0.15) is 0 Å². The van der Waals surface area contributed by atoms with Gasteiger partial charge >= 0.3 is 24.1 Å². The van der Waals surface area contributed by atoms with Crippen LogP contribution in [0.3, 0.4) is 0 Å². The van der Waals surface area contributed by atoms with Crippen LogP contribution in [0.25, 0.3) is 11.2 Å². The minimum atomic E-state index is -0.635. The molecule has 8 aromatic rings. The molecule has 2 amide bonds. The van der Waals surface area contributed by atoms with E-state index in [1.807, 2.05) is 84.0 Å². The minimum absolute atomic E-state index is 0. The van der Waals surface area contributed by atoms with Crippen LogP contribution < -0.4 is 41.8 Å². The summed E-state index contributed by atoms with van der Waals surface area (Å²) in [6, 6.07) is 33.1.